The van der Waals surface area contributed by atoms with Gasteiger partial charge in [-0.05, 0) is 37.0 Å². The molecule has 1 fully saturated rings. The van der Waals surface area contributed by atoms with Gasteiger partial charge in [-0.25, -0.2) is 19.3 Å². The van der Waals surface area contributed by atoms with Crippen molar-refractivity contribution in [2.45, 2.75) is 19.4 Å². The monoisotopic (exact) mass is 415 g/mol. The molecule has 5 heterocycles. The van der Waals surface area contributed by atoms with Crippen LogP contribution in [0.5, 0.6) is 0 Å². The molecule has 1 saturated heterocycles. The minimum atomic E-state index is -0.0772. The summed E-state index contributed by atoms with van der Waals surface area (Å²) in [6.07, 6.45) is 11.9. The Kier molecular flexibility index (Phi) is 5.17. The largest absolute Gasteiger partial charge is 0.355 e. The maximum absolute atomic E-state index is 12.4. The van der Waals surface area contributed by atoms with E-state index in [0.717, 1.165) is 43.0 Å². The third kappa shape index (κ3) is 4.18. The Hall–Kier alpha value is -3.95. The molecule has 156 valence electrons. The summed E-state index contributed by atoms with van der Waals surface area (Å²) in [4.78, 5) is 31.5. The smallest absolute Gasteiger partial charge is 0.266 e. The van der Waals surface area contributed by atoms with Crippen molar-refractivity contribution in [3.63, 3.8) is 0 Å². The standard InChI is InChI=1S/C21H21N9O/c31-21-2-1-18(17-3-7-22-8-4-17)27-29(21)13-16-5-9-28(10-6-16)19-11-23-12-20(26-19)30-15-24-14-25-30/h1-4,7-8,11-12,14-16H,5-6,9-10,13H2. The number of nitrogens with zero attached hydrogens (tertiary/aromatic N) is 9. The van der Waals surface area contributed by atoms with Gasteiger partial charge in [0.2, 0.25) is 0 Å². The van der Waals surface area contributed by atoms with E-state index < -0.39 is 0 Å². The summed E-state index contributed by atoms with van der Waals surface area (Å²) >= 11 is 0. The molecule has 1 aliphatic rings. The zero-order chi connectivity index (χ0) is 21.0. The van der Waals surface area contributed by atoms with E-state index in [1.54, 1.807) is 52.6 Å². The van der Waals surface area contributed by atoms with E-state index in [0.29, 0.717) is 18.3 Å². The summed E-state index contributed by atoms with van der Waals surface area (Å²) < 4.78 is 3.18. The van der Waals surface area contributed by atoms with Gasteiger partial charge < -0.3 is 4.90 Å². The molecule has 0 atom stereocenters. The number of anilines is 1. The van der Waals surface area contributed by atoms with Crippen LogP contribution in [0.25, 0.3) is 17.1 Å². The fourth-order valence-corrected chi connectivity index (χ4v) is 3.78. The zero-order valence-electron chi connectivity index (χ0n) is 16.8. The number of rotatable bonds is 5. The second kappa shape index (κ2) is 8.42. The predicted octanol–water partition coefficient (Wildman–Crippen LogP) is 1.59. The third-order valence-corrected chi connectivity index (χ3v) is 5.47. The zero-order valence-corrected chi connectivity index (χ0v) is 16.8. The van der Waals surface area contributed by atoms with Crippen molar-refractivity contribution >= 4 is 5.82 Å². The normalized spacial score (nSPS) is 14.6. The molecule has 4 aromatic rings. The van der Waals surface area contributed by atoms with E-state index in [-0.39, 0.29) is 5.56 Å². The molecular weight excluding hydrogens is 394 g/mol. The summed E-state index contributed by atoms with van der Waals surface area (Å²) in [5, 5.41) is 8.69. The second-order valence-corrected chi connectivity index (χ2v) is 7.48. The lowest BCUT2D eigenvalue weighted by atomic mass is 9.97. The van der Waals surface area contributed by atoms with E-state index in [1.165, 1.54) is 6.33 Å². The molecule has 0 spiro atoms. The molecule has 0 N–H and O–H groups in total. The molecule has 10 heteroatoms. The van der Waals surface area contributed by atoms with Gasteiger partial charge in [-0.3, -0.25) is 14.8 Å². The van der Waals surface area contributed by atoms with Crippen LogP contribution in [-0.4, -0.2) is 52.6 Å². The van der Waals surface area contributed by atoms with Crippen molar-refractivity contribution in [2.24, 2.45) is 5.92 Å². The third-order valence-electron chi connectivity index (χ3n) is 5.47. The molecule has 0 saturated carbocycles. The Balaban J connectivity index is 1.26. The molecule has 0 amide bonds. The van der Waals surface area contributed by atoms with Gasteiger partial charge in [0.05, 0.1) is 18.1 Å². The highest BCUT2D eigenvalue weighted by Gasteiger charge is 2.22. The first-order chi connectivity index (χ1) is 15.3. The Morgan fingerprint density at radius 1 is 0.935 bits per heavy atom. The molecule has 1 aliphatic heterocycles. The summed E-state index contributed by atoms with van der Waals surface area (Å²) in [5.74, 6) is 1.84. The Morgan fingerprint density at radius 3 is 2.52 bits per heavy atom. The number of hydrogen-bond donors (Lipinski definition) is 0. The lowest BCUT2D eigenvalue weighted by Gasteiger charge is -2.32. The Bertz CT molecular complexity index is 1200. The van der Waals surface area contributed by atoms with Crippen LogP contribution in [0.1, 0.15) is 12.8 Å². The molecule has 0 unspecified atom stereocenters. The van der Waals surface area contributed by atoms with Crippen LogP contribution in [0.3, 0.4) is 0 Å². The van der Waals surface area contributed by atoms with Crippen LogP contribution in [0.2, 0.25) is 0 Å². The van der Waals surface area contributed by atoms with Crippen LogP contribution in [0.4, 0.5) is 5.82 Å². The Morgan fingerprint density at radius 2 is 1.74 bits per heavy atom. The van der Waals surface area contributed by atoms with Crippen LogP contribution < -0.4 is 10.5 Å². The van der Waals surface area contributed by atoms with Crippen molar-refractivity contribution in [2.75, 3.05) is 18.0 Å². The topological polar surface area (TPSA) is 108 Å². The van der Waals surface area contributed by atoms with E-state index >= 15 is 0 Å². The molecular formula is C21H21N9O. The maximum atomic E-state index is 12.4. The van der Waals surface area contributed by atoms with Crippen molar-refractivity contribution < 1.29 is 0 Å². The summed E-state index contributed by atoms with van der Waals surface area (Å²) in [5.41, 5.74) is 1.65. The number of piperidine rings is 1. The van der Waals surface area contributed by atoms with Crippen LogP contribution in [0.15, 0.2) is 66.5 Å². The molecule has 4 aromatic heterocycles. The van der Waals surface area contributed by atoms with Gasteiger partial charge in [0.25, 0.3) is 5.56 Å². The minimum absolute atomic E-state index is 0.0772. The fourth-order valence-electron chi connectivity index (χ4n) is 3.78. The average Bonchev–Trinajstić information content (AvgIpc) is 3.37. The van der Waals surface area contributed by atoms with Gasteiger partial charge in [-0.1, -0.05) is 0 Å². The number of hydrogen-bond acceptors (Lipinski definition) is 8. The van der Waals surface area contributed by atoms with Gasteiger partial charge in [0, 0.05) is 43.7 Å². The SMILES string of the molecule is O=c1ccc(-c2ccncc2)nn1CC1CCN(c2cncc(-n3cncn3)n2)CC1. The minimum Gasteiger partial charge on any atom is -0.355 e. The molecule has 0 aliphatic carbocycles. The Labute approximate surface area is 178 Å². The van der Waals surface area contributed by atoms with Crippen LogP contribution in [-0.2, 0) is 6.54 Å². The van der Waals surface area contributed by atoms with Gasteiger partial charge in [0.1, 0.15) is 18.5 Å². The van der Waals surface area contributed by atoms with Crippen LogP contribution >= 0.6 is 0 Å². The van der Waals surface area contributed by atoms with E-state index in [1.807, 2.05) is 12.1 Å². The molecule has 0 aromatic carbocycles. The van der Waals surface area contributed by atoms with E-state index in [2.05, 4.69) is 35.0 Å². The molecule has 10 nitrogen and oxygen atoms in total. The summed E-state index contributed by atoms with van der Waals surface area (Å²) in [6.45, 7) is 2.30. The highest BCUT2D eigenvalue weighted by molar-refractivity contribution is 5.57. The predicted molar refractivity (Wildman–Crippen MR) is 114 cm³/mol. The lowest BCUT2D eigenvalue weighted by molar-refractivity contribution is 0.335. The number of pyridine rings is 1. The lowest BCUT2D eigenvalue weighted by Crippen LogP contribution is -2.37. The first-order valence-electron chi connectivity index (χ1n) is 10.2. The van der Waals surface area contributed by atoms with Crippen molar-refractivity contribution in [3.8, 4) is 17.1 Å². The number of aromatic nitrogens is 8. The molecule has 0 bridgehead atoms. The first kappa shape index (κ1) is 19.0. The quantitative estimate of drug-likeness (QED) is 0.484. The van der Waals surface area contributed by atoms with Gasteiger partial charge in [-0.15, -0.1) is 0 Å². The first-order valence-corrected chi connectivity index (χ1v) is 10.2. The highest BCUT2D eigenvalue weighted by atomic mass is 16.1. The van der Waals surface area contributed by atoms with E-state index in [4.69, 9.17) is 0 Å². The summed E-state index contributed by atoms with van der Waals surface area (Å²) in [6, 6.07) is 7.13. The second-order valence-electron chi connectivity index (χ2n) is 7.48. The molecule has 31 heavy (non-hydrogen) atoms. The van der Waals surface area contributed by atoms with Crippen molar-refractivity contribution in [3.05, 3.63) is 72.1 Å². The van der Waals surface area contributed by atoms with Gasteiger partial charge in [-0.2, -0.15) is 10.2 Å². The van der Waals surface area contributed by atoms with Crippen molar-refractivity contribution in [1.29, 1.82) is 0 Å². The van der Waals surface area contributed by atoms with Crippen LogP contribution in [0, 0.1) is 5.92 Å². The highest BCUT2D eigenvalue weighted by Crippen LogP contribution is 2.23. The van der Waals surface area contributed by atoms with Gasteiger partial charge in [0.15, 0.2) is 5.82 Å². The molecule has 0 radical (unpaired) electrons. The summed E-state index contributed by atoms with van der Waals surface area (Å²) in [7, 11) is 0. The fraction of sp³-hybridized carbons (Fsp3) is 0.286. The van der Waals surface area contributed by atoms with Gasteiger partial charge >= 0.3 is 0 Å². The average molecular weight is 415 g/mol. The van der Waals surface area contributed by atoms with E-state index in [9.17, 15) is 4.79 Å². The van der Waals surface area contributed by atoms with Crippen molar-refractivity contribution in [1.82, 2.24) is 39.5 Å². The molecule has 5 rings (SSSR count). The maximum Gasteiger partial charge on any atom is 0.266 e.